The third-order valence-corrected chi connectivity index (χ3v) is 0.627. The van der Waals surface area contributed by atoms with Crippen molar-refractivity contribution in [2.75, 3.05) is 6.61 Å². The lowest BCUT2D eigenvalue weighted by Crippen LogP contribution is -2.02. The largest absolute Gasteiger partial charge is 0.466 e. The Morgan fingerprint density at radius 1 is 1.55 bits per heavy atom. The van der Waals surface area contributed by atoms with Crippen LogP contribution in [0, 0.1) is 0 Å². The molecule has 0 spiro atoms. The highest BCUT2D eigenvalue weighted by Crippen LogP contribution is 2.02. The van der Waals surface area contributed by atoms with Crippen LogP contribution in [-0.4, -0.2) is 12.6 Å². The normalized spacial score (nSPS) is 34.8. The van der Waals surface area contributed by atoms with Gasteiger partial charge in [0, 0.05) is 24.2 Å². The zero-order chi connectivity index (χ0) is 20.0. The van der Waals surface area contributed by atoms with E-state index in [0.717, 1.165) is 0 Å². The summed E-state index contributed by atoms with van der Waals surface area (Å²) in [5.41, 5.74) is 0. The van der Waals surface area contributed by atoms with E-state index in [0.29, 0.717) is 0 Å². The summed E-state index contributed by atoms with van der Waals surface area (Å²) in [6.45, 7) is -2.75. The maximum absolute atomic E-state index is 11.6. The zero-order valence-electron chi connectivity index (χ0n) is 19.0. The molecule has 2 nitrogen and oxygen atoms in total. The molecule has 0 fully saturated rings. The smallest absolute Gasteiger partial charge is 0.305 e. The summed E-state index contributed by atoms with van der Waals surface area (Å²) in [6, 6.07) is 0. The number of carbonyl (C=O) groups is 1. The molecule has 0 aliphatic heterocycles. The predicted octanol–water partition coefficient (Wildman–Crippen LogP) is 2.52. The second kappa shape index (κ2) is 7.58. The van der Waals surface area contributed by atoms with Gasteiger partial charge in [0.05, 0.1) is 6.61 Å². The molecule has 2 heteroatoms. The van der Waals surface area contributed by atoms with Crippen molar-refractivity contribution in [3.8, 4) is 0 Å². The van der Waals surface area contributed by atoms with Crippen molar-refractivity contribution < 1.29 is 27.4 Å². The van der Waals surface area contributed by atoms with Gasteiger partial charge in [-0.05, 0) is 13.3 Å². The van der Waals surface area contributed by atoms with Crippen molar-refractivity contribution in [2.45, 2.75) is 45.6 Å². The van der Waals surface area contributed by atoms with E-state index < -0.39 is 44.7 Å². The molecule has 0 aliphatic rings. The maximum Gasteiger partial charge on any atom is 0.305 e. The quantitative estimate of drug-likeness (QED) is 0.574. The fraction of sp³-hybridized carbons (Fsp3) is 0.889. The van der Waals surface area contributed by atoms with E-state index in [1.54, 1.807) is 0 Å². The fourth-order valence-corrected chi connectivity index (χ4v) is 0.312. The van der Waals surface area contributed by atoms with Crippen LogP contribution in [0.2, 0.25) is 0 Å². The van der Waals surface area contributed by atoms with Crippen LogP contribution >= 0.6 is 0 Å². The van der Waals surface area contributed by atoms with Gasteiger partial charge in [-0.15, -0.1) is 0 Å². The SMILES string of the molecule is [2H]C([2H])([2H])C([2H])([2H])C([2H])([2H])C([2H])([2H])C([2H])([2H])C([2H])([2H])C(=O)OCC. The molecule has 0 unspecified atom stereocenters. The van der Waals surface area contributed by atoms with Crippen LogP contribution in [0.5, 0.6) is 0 Å². The molecule has 0 aliphatic carbocycles. The van der Waals surface area contributed by atoms with Crippen molar-refractivity contribution >= 4 is 5.97 Å². The molecule has 0 aromatic carbocycles. The van der Waals surface area contributed by atoms with Gasteiger partial charge < -0.3 is 4.74 Å². The zero-order valence-corrected chi connectivity index (χ0v) is 6.02. The molecule has 0 aromatic heterocycles. The van der Waals surface area contributed by atoms with Crippen molar-refractivity contribution in [2.24, 2.45) is 0 Å². The molecule has 0 N–H and O–H groups in total. The number of rotatable bonds is 6. The Morgan fingerprint density at radius 2 is 2.36 bits per heavy atom. The Bertz CT molecular complexity index is 478. The number of carbonyl (C=O) groups excluding carboxylic acids is 1. The molecule has 0 aromatic rings. The Labute approximate surface area is 87.2 Å². The first-order chi connectivity index (χ1) is 10.2. The molecular formula is C9H18O2. The maximum atomic E-state index is 11.6. The second-order valence-electron chi connectivity index (χ2n) is 1.35. The van der Waals surface area contributed by atoms with Gasteiger partial charge in [-0.25, -0.2) is 0 Å². The topological polar surface area (TPSA) is 26.3 Å². The lowest BCUT2D eigenvalue weighted by atomic mass is 10.2. The van der Waals surface area contributed by atoms with E-state index in [4.69, 9.17) is 17.8 Å². The Hall–Kier alpha value is -0.530. The Morgan fingerprint density at radius 3 is 3.00 bits per heavy atom. The summed E-state index contributed by atoms with van der Waals surface area (Å²) in [7, 11) is 0. The van der Waals surface area contributed by atoms with Gasteiger partial charge in [0.25, 0.3) is 0 Å². The van der Waals surface area contributed by atoms with Gasteiger partial charge in [0.15, 0.2) is 0 Å². The van der Waals surface area contributed by atoms with Crippen molar-refractivity contribution in [1.82, 2.24) is 0 Å². The van der Waals surface area contributed by atoms with Gasteiger partial charge in [-0.2, -0.15) is 0 Å². The summed E-state index contributed by atoms with van der Waals surface area (Å²) < 4.78 is 101. The van der Waals surface area contributed by atoms with Crippen LogP contribution in [0.1, 0.15) is 63.5 Å². The van der Waals surface area contributed by atoms with E-state index in [1.807, 2.05) is 0 Å². The van der Waals surface area contributed by atoms with Gasteiger partial charge in [0.2, 0.25) is 0 Å². The van der Waals surface area contributed by atoms with E-state index in [1.165, 1.54) is 6.92 Å². The molecule has 0 rings (SSSR count). The molecule has 0 heterocycles. The van der Waals surface area contributed by atoms with Crippen molar-refractivity contribution in [3.05, 3.63) is 0 Å². The average Bonchev–Trinajstić information content (AvgIpc) is 2.36. The molecule has 0 atom stereocenters. The highest BCUT2D eigenvalue weighted by molar-refractivity contribution is 5.69. The van der Waals surface area contributed by atoms with Gasteiger partial charge in [0.1, 0.15) is 0 Å². The van der Waals surface area contributed by atoms with Crippen LogP contribution in [0.15, 0.2) is 0 Å². The Kier molecular flexibility index (Phi) is 1.28. The van der Waals surface area contributed by atoms with Crippen LogP contribution in [-0.2, 0) is 9.53 Å². The number of esters is 1. The summed E-state index contributed by atoms with van der Waals surface area (Å²) in [4.78, 5) is 11.6. The number of ether oxygens (including phenoxy) is 1. The van der Waals surface area contributed by atoms with E-state index in [9.17, 15) is 4.79 Å². The standard InChI is InChI=1S/C9H18O2/c1-3-5-6-7-8-9(10)11-4-2/h3-8H2,1-2H3/i1D3,3D2,5D2,6D2,7D2,8D2. The lowest BCUT2D eigenvalue weighted by molar-refractivity contribution is -0.143. The lowest BCUT2D eigenvalue weighted by Gasteiger charge is -2.00. The second-order valence-corrected chi connectivity index (χ2v) is 1.35. The summed E-state index contributed by atoms with van der Waals surface area (Å²) >= 11 is 0. The van der Waals surface area contributed by atoms with Crippen LogP contribution in [0.4, 0.5) is 0 Å². The number of hydrogen-bond donors (Lipinski definition) is 0. The molecule has 0 saturated heterocycles. The molecule has 11 heavy (non-hydrogen) atoms. The molecule has 66 valence electrons. The van der Waals surface area contributed by atoms with Crippen molar-refractivity contribution in [3.63, 3.8) is 0 Å². The monoisotopic (exact) mass is 171 g/mol. The minimum absolute atomic E-state index is 0.361. The molecular weight excluding hydrogens is 140 g/mol. The van der Waals surface area contributed by atoms with Gasteiger partial charge in [-0.1, -0.05) is 26.0 Å². The van der Waals surface area contributed by atoms with Gasteiger partial charge >= 0.3 is 5.97 Å². The minimum Gasteiger partial charge on any atom is -0.466 e. The summed E-state index contributed by atoms with van der Waals surface area (Å²) in [5, 5.41) is 0. The molecule has 0 radical (unpaired) electrons. The predicted molar refractivity (Wildman–Crippen MR) is 45.4 cm³/mol. The van der Waals surface area contributed by atoms with Crippen LogP contribution < -0.4 is 0 Å². The van der Waals surface area contributed by atoms with Crippen LogP contribution in [0.25, 0.3) is 0 Å². The summed E-state index contributed by atoms with van der Waals surface area (Å²) in [5.74, 6) is -1.82. The first kappa shape index (κ1) is 1.86. The minimum atomic E-state index is -4.05. The third-order valence-electron chi connectivity index (χ3n) is 0.627. The number of hydrogen-bond acceptors (Lipinski definition) is 2. The fourth-order valence-electron chi connectivity index (χ4n) is 0.312. The van der Waals surface area contributed by atoms with Crippen molar-refractivity contribution in [1.29, 1.82) is 0 Å². The highest BCUT2D eigenvalue weighted by atomic mass is 16.5. The van der Waals surface area contributed by atoms with E-state index in [-0.39, 0.29) is 6.61 Å². The molecule has 0 amide bonds. The van der Waals surface area contributed by atoms with Gasteiger partial charge in [-0.3, -0.25) is 4.79 Å². The molecule has 0 bridgehead atoms. The third kappa shape index (κ3) is 7.37. The molecule has 0 saturated carbocycles. The Balaban J connectivity index is 6.25. The highest BCUT2D eigenvalue weighted by Gasteiger charge is 1.99. The van der Waals surface area contributed by atoms with E-state index >= 15 is 0 Å². The first-order valence-electron chi connectivity index (χ1n) is 9.40. The van der Waals surface area contributed by atoms with Crippen LogP contribution in [0.3, 0.4) is 0 Å². The summed E-state index contributed by atoms with van der Waals surface area (Å²) in [6.07, 6.45) is -19.6. The first-order valence-corrected chi connectivity index (χ1v) is 2.90. The van der Waals surface area contributed by atoms with E-state index in [2.05, 4.69) is 4.74 Å². The average molecular weight is 171 g/mol.